The Balaban J connectivity index is 1.84. The van der Waals surface area contributed by atoms with Crippen LogP contribution >= 0.6 is 0 Å². The molecule has 0 spiro atoms. The van der Waals surface area contributed by atoms with E-state index in [1.165, 1.54) is 12.7 Å². The van der Waals surface area contributed by atoms with Gasteiger partial charge in [-0.25, -0.2) is 0 Å². The highest BCUT2D eigenvalue weighted by molar-refractivity contribution is 5.82. The summed E-state index contributed by atoms with van der Waals surface area (Å²) in [7, 11) is 1.50. The number of carbonyl (C=O) groups excluding carboxylic acids is 1. The van der Waals surface area contributed by atoms with Crippen molar-refractivity contribution in [1.29, 1.82) is 0 Å². The van der Waals surface area contributed by atoms with Crippen molar-refractivity contribution in [3.05, 3.63) is 35.9 Å². The molecule has 1 N–H and O–H groups in total. The van der Waals surface area contributed by atoms with Crippen LogP contribution in [-0.4, -0.2) is 48.7 Å². The fourth-order valence-corrected chi connectivity index (χ4v) is 3.38. The van der Waals surface area contributed by atoms with Gasteiger partial charge in [0.2, 0.25) is 5.91 Å². The Hall–Kier alpha value is -1.88. The summed E-state index contributed by atoms with van der Waals surface area (Å²) in [6.45, 7) is 2.83. The molecule has 1 heterocycles. The van der Waals surface area contributed by atoms with Gasteiger partial charge in [0.25, 0.3) is 0 Å². The Labute approximate surface area is 143 Å². The zero-order valence-electron chi connectivity index (χ0n) is 14.5. The normalized spacial score (nSPS) is 21.7. The predicted molar refractivity (Wildman–Crippen MR) is 91.7 cm³/mol. The van der Waals surface area contributed by atoms with Gasteiger partial charge in [0.1, 0.15) is 5.41 Å². The number of ether oxygens (including phenoxy) is 1. The van der Waals surface area contributed by atoms with Crippen molar-refractivity contribution in [1.82, 2.24) is 4.90 Å². The zero-order valence-corrected chi connectivity index (χ0v) is 14.5. The van der Waals surface area contributed by atoms with Crippen LogP contribution in [0.1, 0.15) is 31.7 Å². The van der Waals surface area contributed by atoms with Crippen LogP contribution in [-0.2, 0) is 20.7 Å². The third-order valence-corrected chi connectivity index (χ3v) is 4.91. The number of aryl methyl sites for hydroxylation is 1. The topological polar surface area (TPSA) is 66.8 Å². The van der Waals surface area contributed by atoms with Gasteiger partial charge in [-0.2, -0.15) is 0 Å². The first-order valence-corrected chi connectivity index (χ1v) is 8.53. The smallest absolute Gasteiger partial charge is 0.313 e. The van der Waals surface area contributed by atoms with Crippen LogP contribution in [0.2, 0.25) is 0 Å². The Bertz CT molecular complexity index is 560. The van der Waals surface area contributed by atoms with Crippen LogP contribution in [0.5, 0.6) is 0 Å². The van der Waals surface area contributed by atoms with Crippen LogP contribution in [0.3, 0.4) is 0 Å². The van der Waals surface area contributed by atoms with Gasteiger partial charge in [0, 0.05) is 26.1 Å². The van der Waals surface area contributed by atoms with Crippen molar-refractivity contribution in [3.8, 4) is 0 Å². The minimum Gasteiger partial charge on any atom is -0.481 e. The van der Waals surface area contributed by atoms with E-state index >= 15 is 0 Å². The molecule has 0 aromatic heterocycles. The molecule has 2 atom stereocenters. The number of carboxylic acids is 1. The summed E-state index contributed by atoms with van der Waals surface area (Å²) in [5.41, 5.74) is 0.331. The summed E-state index contributed by atoms with van der Waals surface area (Å²) >= 11 is 0. The molecule has 5 nitrogen and oxygen atoms in total. The van der Waals surface area contributed by atoms with Gasteiger partial charge in [0.15, 0.2) is 0 Å². The molecule has 2 unspecified atom stereocenters. The SMILES string of the molecule is COCC1(C(=O)O)CCN(C(=O)C(C)CCCc2ccccc2)C1. The maximum Gasteiger partial charge on any atom is 0.313 e. The van der Waals surface area contributed by atoms with Crippen LogP contribution in [0.25, 0.3) is 0 Å². The maximum absolute atomic E-state index is 12.6. The molecule has 1 aromatic carbocycles. The predicted octanol–water partition coefficient (Wildman–Crippen LogP) is 2.60. The van der Waals surface area contributed by atoms with Gasteiger partial charge in [-0.05, 0) is 31.2 Å². The average Bonchev–Trinajstić information content (AvgIpc) is 3.01. The van der Waals surface area contributed by atoms with E-state index in [2.05, 4.69) is 12.1 Å². The van der Waals surface area contributed by atoms with E-state index in [-0.39, 0.29) is 25.0 Å². The summed E-state index contributed by atoms with van der Waals surface area (Å²) in [5.74, 6) is -0.903. The molecular weight excluding hydrogens is 306 g/mol. The number of nitrogens with zero attached hydrogens (tertiary/aromatic N) is 1. The van der Waals surface area contributed by atoms with Crippen LogP contribution in [0.4, 0.5) is 0 Å². The number of carbonyl (C=O) groups is 2. The van der Waals surface area contributed by atoms with E-state index in [4.69, 9.17) is 4.74 Å². The van der Waals surface area contributed by atoms with Gasteiger partial charge in [0.05, 0.1) is 6.61 Å². The number of methoxy groups -OCH3 is 1. The van der Waals surface area contributed by atoms with Gasteiger partial charge in [-0.1, -0.05) is 37.3 Å². The molecule has 2 rings (SSSR count). The number of benzene rings is 1. The second kappa shape index (κ2) is 8.29. The van der Waals surface area contributed by atoms with Gasteiger partial charge < -0.3 is 14.7 Å². The van der Waals surface area contributed by atoms with Crippen molar-refractivity contribution in [2.75, 3.05) is 26.8 Å². The first kappa shape index (κ1) is 18.5. The summed E-state index contributed by atoms with van der Waals surface area (Å²) in [6, 6.07) is 10.2. The lowest BCUT2D eigenvalue weighted by Gasteiger charge is -2.25. The second-order valence-electron chi connectivity index (χ2n) is 6.81. The molecule has 0 saturated carbocycles. The molecule has 1 aliphatic heterocycles. The number of likely N-dealkylation sites (tertiary alicyclic amines) is 1. The van der Waals surface area contributed by atoms with E-state index in [1.807, 2.05) is 25.1 Å². The molecule has 0 aliphatic carbocycles. The zero-order chi connectivity index (χ0) is 17.6. The summed E-state index contributed by atoms with van der Waals surface area (Å²) in [4.78, 5) is 25.9. The highest BCUT2D eigenvalue weighted by Gasteiger charge is 2.46. The van der Waals surface area contributed by atoms with Crippen molar-refractivity contribution >= 4 is 11.9 Å². The van der Waals surface area contributed by atoms with Crippen LogP contribution < -0.4 is 0 Å². The highest BCUT2D eigenvalue weighted by atomic mass is 16.5. The lowest BCUT2D eigenvalue weighted by atomic mass is 9.88. The quantitative estimate of drug-likeness (QED) is 0.794. The van der Waals surface area contributed by atoms with E-state index in [0.717, 1.165) is 19.3 Å². The van der Waals surface area contributed by atoms with Crippen molar-refractivity contribution in [3.63, 3.8) is 0 Å². The van der Waals surface area contributed by atoms with Crippen molar-refractivity contribution in [2.45, 2.75) is 32.6 Å². The molecule has 1 saturated heterocycles. The number of hydrogen-bond donors (Lipinski definition) is 1. The lowest BCUT2D eigenvalue weighted by molar-refractivity contribution is -0.151. The fourth-order valence-electron chi connectivity index (χ4n) is 3.38. The molecule has 0 bridgehead atoms. The van der Waals surface area contributed by atoms with Gasteiger partial charge >= 0.3 is 5.97 Å². The second-order valence-corrected chi connectivity index (χ2v) is 6.81. The molecular formula is C19H27NO4. The van der Waals surface area contributed by atoms with E-state index < -0.39 is 11.4 Å². The number of amides is 1. The van der Waals surface area contributed by atoms with Crippen molar-refractivity contribution in [2.24, 2.45) is 11.3 Å². The first-order chi connectivity index (χ1) is 11.5. The minimum absolute atomic E-state index is 0.0577. The molecule has 1 aromatic rings. The summed E-state index contributed by atoms with van der Waals surface area (Å²) in [6.07, 6.45) is 3.18. The molecule has 5 heteroatoms. The molecule has 1 fully saturated rings. The third kappa shape index (κ3) is 4.35. The number of aliphatic carboxylic acids is 1. The summed E-state index contributed by atoms with van der Waals surface area (Å²) in [5, 5.41) is 9.48. The Kier molecular flexibility index (Phi) is 6.37. The number of rotatable bonds is 8. The standard InChI is InChI=1S/C19H27NO4/c1-15(7-6-10-16-8-4-3-5-9-16)17(21)20-12-11-19(13-20,14-24-2)18(22)23/h3-5,8-9,15H,6-7,10-14H2,1-2H3,(H,22,23). The fraction of sp³-hybridized carbons (Fsp3) is 0.579. The third-order valence-electron chi connectivity index (χ3n) is 4.91. The Morgan fingerprint density at radius 3 is 2.67 bits per heavy atom. The largest absolute Gasteiger partial charge is 0.481 e. The Morgan fingerprint density at radius 1 is 1.33 bits per heavy atom. The lowest BCUT2D eigenvalue weighted by Crippen LogP contribution is -2.41. The highest BCUT2D eigenvalue weighted by Crippen LogP contribution is 2.32. The maximum atomic E-state index is 12.6. The average molecular weight is 333 g/mol. The van der Waals surface area contributed by atoms with Crippen LogP contribution in [0, 0.1) is 11.3 Å². The monoisotopic (exact) mass is 333 g/mol. The van der Waals surface area contributed by atoms with Gasteiger partial charge in [-0.3, -0.25) is 9.59 Å². The van der Waals surface area contributed by atoms with E-state index in [1.54, 1.807) is 4.90 Å². The molecule has 0 radical (unpaired) electrons. The minimum atomic E-state index is -0.950. The summed E-state index contributed by atoms with van der Waals surface area (Å²) < 4.78 is 5.07. The first-order valence-electron chi connectivity index (χ1n) is 8.53. The number of hydrogen-bond acceptors (Lipinski definition) is 3. The van der Waals surface area contributed by atoms with E-state index in [0.29, 0.717) is 13.0 Å². The number of carboxylic acid groups (broad SMARTS) is 1. The molecule has 1 amide bonds. The molecule has 24 heavy (non-hydrogen) atoms. The molecule has 132 valence electrons. The van der Waals surface area contributed by atoms with Crippen molar-refractivity contribution < 1.29 is 19.4 Å². The van der Waals surface area contributed by atoms with Crippen LogP contribution in [0.15, 0.2) is 30.3 Å². The Morgan fingerprint density at radius 2 is 2.04 bits per heavy atom. The van der Waals surface area contributed by atoms with Gasteiger partial charge in [-0.15, -0.1) is 0 Å². The molecule has 1 aliphatic rings. The van der Waals surface area contributed by atoms with E-state index in [9.17, 15) is 14.7 Å².